The van der Waals surface area contributed by atoms with Crippen LogP contribution in [0.15, 0.2) is 30.5 Å². The van der Waals surface area contributed by atoms with Gasteiger partial charge in [-0.2, -0.15) is 18.3 Å². The third-order valence-electron chi connectivity index (χ3n) is 3.26. The molecule has 2 aromatic rings. The molecule has 24 heavy (non-hydrogen) atoms. The van der Waals surface area contributed by atoms with E-state index in [2.05, 4.69) is 10.4 Å². The number of nitrogens with zero attached hydrogens (tertiary/aromatic N) is 2. The Morgan fingerprint density at radius 1 is 1.21 bits per heavy atom. The summed E-state index contributed by atoms with van der Waals surface area (Å²) in [5.74, 6) is -1.35. The number of halogens is 3. The largest absolute Gasteiger partial charge is 0.416 e. The molecule has 128 valence electrons. The molecule has 0 spiro atoms. The summed E-state index contributed by atoms with van der Waals surface area (Å²) in [5.41, 5.74) is 4.41. The number of hydrogen-bond acceptors (Lipinski definition) is 3. The number of nitrogens with one attached hydrogen (secondary N) is 1. The number of alkyl halides is 3. The van der Waals surface area contributed by atoms with Gasteiger partial charge in [0, 0.05) is 11.6 Å². The van der Waals surface area contributed by atoms with Gasteiger partial charge in [0.25, 0.3) is 11.8 Å². The van der Waals surface area contributed by atoms with Crippen molar-refractivity contribution in [2.24, 2.45) is 5.73 Å². The van der Waals surface area contributed by atoms with E-state index in [0.717, 1.165) is 24.3 Å². The minimum Gasteiger partial charge on any atom is -0.365 e. The first-order chi connectivity index (χ1) is 11.1. The molecular weight excluding hydrogens is 325 g/mol. The molecule has 0 saturated heterocycles. The van der Waals surface area contributed by atoms with E-state index in [1.807, 2.05) is 0 Å². The van der Waals surface area contributed by atoms with Gasteiger partial charge in [-0.3, -0.25) is 9.59 Å². The van der Waals surface area contributed by atoms with E-state index >= 15 is 0 Å². The quantitative estimate of drug-likeness (QED) is 0.897. The van der Waals surface area contributed by atoms with E-state index in [1.54, 1.807) is 13.8 Å². The fourth-order valence-electron chi connectivity index (χ4n) is 2.05. The molecule has 1 heterocycles. The topological polar surface area (TPSA) is 90.0 Å². The maximum Gasteiger partial charge on any atom is 0.416 e. The average molecular weight is 340 g/mol. The summed E-state index contributed by atoms with van der Waals surface area (Å²) >= 11 is 0. The predicted octanol–water partition coefficient (Wildman–Crippen LogP) is 2.83. The lowest BCUT2D eigenvalue weighted by atomic mass is 10.1. The number of anilines is 1. The third kappa shape index (κ3) is 3.55. The van der Waals surface area contributed by atoms with Crippen LogP contribution in [0, 0.1) is 0 Å². The Hall–Kier alpha value is -2.84. The van der Waals surface area contributed by atoms with Crippen molar-refractivity contribution in [3.05, 3.63) is 47.2 Å². The van der Waals surface area contributed by atoms with E-state index in [1.165, 1.54) is 10.9 Å². The van der Waals surface area contributed by atoms with Crippen LogP contribution in [0.4, 0.5) is 19.0 Å². The number of carbonyl (C=O) groups is 2. The SMILES string of the molecule is CC(C)n1ncc(C(N)=O)c1NC(=O)c1ccc(C(F)(F)F)cc1. The zero-order valence-electron chi connectivity index (χ0n) is 12.9. The van der Waals surface area contributed by atoms with Gasteiger partial charge in [0.15, 0.2) is 0 Å². The van der Waals surface area contributed by atoms with Crippen LogP contribution >= 0.6 is 0 Å². The van der Waals surface area contributed by atoms with Crippen LogP contribution in [0.3, 0.4) is 0 Å². The second-order valence-electron chi connectivity index (χ2n) is 5.34. The van der Waals surface area contributed by atoms with Gasteiger partial charge in [0.05, 0.1) is 11.8 Å². The predicted molar refractivity (Wildman–Crippen MR) is 80.5 cm³/mol. The van der Waals surface area contributed by atoms with E-state index in [-0.39, 0.29) is 23.0 Å². The highest BCUT2D eigenvalue weighted by Gasteiger charge is 2.30. The highest BCUT2D eigenvalue weighted by molar-refractivity contribution is 6.07. The molecule has 0 aliphatic heterocycles. The number of primary amides is 1. The first-order valence-electron chi connectivity index (χ1n) is 6.97. The van der Waals surface area contributed by atoms with E-state index in [9.17, 15) is 22.8 Å². The summed E-state index contributed by atoms with van der Waals surface area (Å²) in [6.45, 7) is 3.57. The fraction of sp³-hybridized carbons (Fsp3) is 0.267. The highest BCUT2D eigenvalue weighted by Crippen LogP contribution is 2.29. The molecule has 0 unspecified atom stereocenters. The lowest BCUT2D eigenvalue weighted by molar-refractivity contribution is -0.137. The average Bonchev–Trinajstić information content (AvgIpc) is 2.90. The zero-order valence-corrected chi connectivity index (χ0v) is 12.9. The van der Waals surface area contributed by atoms with Crippen LogP contribution in [0.2, 0.25) is 0 Å². The number of amides is 2. The van der Waals surface area contributed by atoms with Gasteiger partial charge in [-0.15, -0.1) is 0 Å². The molecule has 0 fully saturated rings. The van der Waals surface area contributed by atoms with Crippen molar-refractivity contribution in [3.63, 3.8) is 0 Å². The van der Waals surface area contributed by atoms with Crippen LogP contribution in [-0.4, -0.2) is 21.6 Å². The Bertz CT molecular complexity index is 764. The number of benzene rings is 1. The Labute approximate surface area is 135 Å². The number of hydrogen-bond donors (Lipinski definition) is 2. The van der Waals surface area contributed by atoms with Crippen molar-refractivity contribution in [3.8, 4) is 0 Å². The Kier molecular flexibility index (Phi) is 4.63. The summed E-state index contributed by atoms with van der Waals surface area (Å²) in [5, 5.41) is 6.46. The van der Waals surface area contributed by atoms with Crippen LogP contribution in [-0.2, 0) is 6.18 Å². The first-order valence-corrected chi connectivity index (χ1v) is 6.97. The smallest absolute Gasteiger partial charge is 0.365 e. The maximum absolute atomic E-state index is 12.5. The van der Waals surface area contributed by atoms with Gasteiger partial charge >= 0.3 is 6.18 Å². The van der Waals surface area contributed by atoms with Crippen LogP contribution in [0.5, 0.6) is 0 Å². The molecule has 1 aromatic heterocycles. The molecule has 2 rings (SSSR count). The zero-order chi connectivity index (χ0) is 18.1. The molecule has 0 radical (unpaired) electrons. The van der Waals surface area contributed by atoms with Crippen LogP contribution in [0.25, 0.3) is 0 Å². The number of nitrogens with two attached hydrogens (primary N) is 1. The summed E-state index contributed by atoms with van der Waals surface area (Å²) < 4.78 is 39.0. The van der Waals surface area contributed by atoms with Crippen LogP contribution < -0.4 is 11.1 Å². The van der Waals surface area contributed by atoms with Crippen molar-refractivity contribution in [1.82, 2.24) is 9.78 Å². The lowest BCUT2D eigenvalue weighted by Gasteiger charge is -2.13. The molecule has 2 amide bonds. The monoisotopic (exact) mass is 340 g/mol. The van der Waals surface area contributed by atoms with E-state index in [4.69, 9.17) is 5.73 Å². The van der Waals surface area contributed by atoms with Gasteiger partial charge in [-0.1, -0.05) is 0 Å². The maximum atomic E-state index is 12.5. The fourth-order valence-corrected chi connectivity index (χ4v) is 2.05. The molecule has 0 aliphatic carbocycles. The Balaban J connectivity index is 2.30. The lowest BCUT2D eigenvalue weighted by Crippen LogP contribution is -2.20. The van der Waals surface area contributed by atoms with Crippen molar-refractivity contribution in [2.45, 2.75) is 26.1 Å². The number of aromatic nitrogens is 2. The summed E-state index contributed by atoms with van der Waals surface area (Å²) in [4.78, 5) is 23.7. The molecule has 0 bridgehead atoms. The van der Waals surface area contributed by atoms with Crippen molar-refractivity contribution in [2.75, 3.05) is 5.32 Å². The van der Waals surface area contributed by atoms with Crippen molar-refractivity contribution < 1.29 is 22.8 Å². The normalized spacial score (nSPS) is 11.6. The second kappa shape index (κ2) is 6.34. The van der Waals surface area contributed by atoms with Crippen molar-refractivity contribution >= 4 is 17.6 Å². The first kappa shape index (κ1) is 17.5. The Morgan fingerprint density at radius 3 is 2.25 bits per heavy atom. The summed E-state index contributed by atoms with van der Waals surface area (Å²) in [6, 6.07) is 3.56. The van der Waals surface area contributed by atoms with Gasteiger partial charge in [0.1, 0.15) is 11.4 Å². The van der Waals surface area contributed by atoms with Crippen molar-refractivity contribution in [1.29, 1.82) is 0 Å². The van der Waals surface area contributed by atoms with Gasteiger partial charge in [-0.05, 0) is 38.1 Å². The molecular formula is C15H15F3N4O2. The second-order valence-corrected chi connectivity index (χ2v) is 5.34. The van der Waals surface area contributed by atoms with E-state index < -0.39 is 23.6 Å². The summed E-state index contributed by atoms with van der Waals surface area (Å²) in [7, 11) is 0. The number of rotatable bonds is 4. The molecule has 6 nitrogen and oxygen atoms in total. The van der Waals surface area contributed by atoms with Gasteiger partial charge in [0.2, 0.25) is 0 Å². The molecule has 3 N–H and O–H groups in total. The minimum absolute atomic E-state index is 0.00919. The van der Waals surface area contributed by atoms with Gasteiger partial charge < -0.3 is 11.1 Å². The molecule has 0 saturated carbocycles. The number of carbonyl (C=O) groups excluding carboxylic acids is 2. The van der Waals surface area contributed by atoms with Crippen LogP contribution in [0.1, 0.15) is 46.2 Å². The summed E-state index contributed by atoms with van der Waals surface area (Å²) in [6.07, 6.45) is -3.25. The third-order valence-corrected chi connectivity index (χ3v) is 3.26. The van der Waals surface area contributed by atoms with E-state index in [0.29, 0.717) is 0 Å². The minimum atomic E-state index is -4.48. The van der Waals surface area contributed by atoms with Gasteiger partial charge in [-0.25, -0.2) is 4.68 Å². The standard InChI is InChI=1S/C15H15F3N4O2/c1-8(2)22-13(11(7-20-22)12(19)23)21-14(24)9-3-5-10(6-4-9)15(16,17)18/h3-8H,1-2H3,(H2,19,23)(H,21,24). The highest BCUT2D eigenvalue weighted by atomic mass is 19.4. The molecule has 9 heteroatoms. The molecule has 0 atom stereocenters. The molecule has 1 aromatic carbocycles. The molecule has 0 aliphatic rings. The Morgan fingerprint density at radius 2 is 1.79 bits per heavy atom.